The van der Waals surface area contributed by atoms with E-state index < -0.39 is 6.10 Å². The zero-order valence-corrected chi connectivity index (χ0v) is 54.2. The van der Waals surface area contributed by atoms with E-state index in [1.54, 1.807) is 0 Å². The predicted octanol–water partition coefficient (Wildman–Crippen LogP) is 24.8. The van der Waals surface area contributed by atoms with Crippen molar-refractivity contribution in [3.8, 4) is 0 Å². The van der Waals surface area contributed by atoms with Crippen molar-refractivity contribution in [3.63, 3.8) is 0 Å². The lowest BCUT2D eigenvalue weighted by atomic mass is 10.0. The molecule has 0 radical (unpaired) electrons. The molecule has 0 aromatic heterocycles. The Bertz CT molecular complexity index is 1570. The third-order valence-corrected chi connectivity index (χ3v) is 15.6. The summed E-state index contributed by atoms with van der Waals surface area (Å²) >= 11 is 0. The molecule has 1 N–H and O–H groups in total. The molecule has 0 aromatic carbocycles. The van der Waals surface area contributed by atoms with Gasteiger partial charge >= 0.3 is 11.9 Å². The molecule has 472 valence electrons. The fraction of sp³-hybridized carbons (Fsp3) is 0.740. The van der Waals surface area contributed by atoms with Crippen LogP contribution in [0.1, 0.15) is 348 Å². The summed E-state index contributed by atoms with van der Waals surface area (Å²) in [6.07, 6.45) is 104. The summed E-state index contributed by atoms with van der Waals surface area (Å²) in [5.74, 6) is -0.578. The maximum atomic E-state index is 12.4. The van der Waals surface area contributed by atoms with Crippen molar-refractivity contribution >= 4 is 11.9 Å². The molecule has 0 aliphatic rings. The first-order valence-electron chi connectivity index (χ1n) is 35.4. The highest BCUT2D eigenvalue weighted by molar-refractivity contribution is 5.70. The molecule has 1 unspecified atom stereocenters. The van der Waals surface area contributed by atoms with Gasteiger partial charge in [-0.05, 0) is 103 Å². The second-order valence-corrected chi connectivity index (χ2v) is 23.6. The van der Waals surface area contributed by atoms with E-state index in [-0.39, 0.29) is 25.2 Å². The molecule has 0 rings (SSSR count). The average Bonchev–Trinajstić information content (AvgIpc) is 3.49. The Hall–Kier alpha value is -3.44. The quantitative estimate of drug-likeness (QED) is 0.0373. The largest absolute Gasteiger partial charge is 0.462 e. The van der Waals surface area contributed by atoms with Gasteiger partial charge in [0.1, 0.15) is 6.61 Å². The lowest BCUT2D eigenvalue weighted by Crippen LogP contribution is -2.28. The molecule has 0 amide bonds. The van der Waals surface area contributed by atoms with Crippen LogP contribution in [0.5, 0.6) is 0 Å². The van der Waals surface area contributed by atoms with Crippen LogP contribution in [0.25, 0.3) is 0 Å². The van der Waals surface area contributed by atoms with Crippen LogP contribution in [0.2, 0.25) is 0 Å². The number of aliphatic hydroxyl groups excluding tert-OH is 1. The Morgan fingerprint density at radius 2 is 0.524 bits per heavy atom. The number of esters is 2. The molecular weight excluding hydrogens is 1000 g/mol. The van der Waals surface area contributed by atoms with Crippen LogP contribution in [-0.2, 0) is 19.1 Å². The maximum Gasteiger partial charge on any atom is 0.306 e. The molecule has 0 aliphatic heterocycles. The van der Waals surface area contributed by atoms with Crippen LogP contribution in [-0.4, -0.2) is 36.4 Å². The molecule has 0 aromatic rings. The predicted molar refractivity (Wildman–Crippen MR) is 362 cm³/mol. The lowest BCUT2D eigenvalue weighted by Gasteiger charge is -2.15. The number of hydrogen-bond donors (Lipinski definition) is 1. The van der Waals surface area contributed by atoms with E-state index >= 15 is 0 Å². The van der Waals surface area contributed by atoms with E-state index in [0.29, 0.717) is 12.8 Å². The Labute approximate surface area is 510 Å². The van der Waals surface area contributed by atoms with E-state index in [0.717, 1.165) is 89.9 Å². The minimum atomic E-state index is -0.777. The monoisotopic (exact) mass is 1140 g/mol. The summed E-state index contributed by atoms with van der Waals surface area (Å²) in [6, 6.07) is 0. The minimum absolute atomic E-state index is 0.0658. The van der Waals surface area contributed by atoms with Gasteiger partial charge in [-0.15, -0.1) is 0 Å². The van der Waals surface area contributed by atoms with Crippen LogP contribution < -0.4 is 0 Å². The number of unbranched alkanes of at least 4 members (excludes halogenated alkanes) is 39. The van der Waals surface area contributed by atoms with Gasteiger partial charge in [-0.2, -0.15) is 0 Å². The SMILES string of the molecule is CC/C=C\C/C=C\C/C=C\C/C=C\C/C=C\C/C=C\CCCCCCCCCCCCCCCCCCCCC(=O)OC(CO)COC(=O)CCCCCCCCCCCCCCCCCC/C=C\C/C=C\C/C=C\CCCCCCC. The molecule has 0 spiro atoms. The summed E-state index contributed by atoms with van der Waals surface area (Å²) in [4.78, 5) is 24.7. The van der Waals surface area contributed by atoms with Gasteiger partial charge in [0.2, 0.25) is 0 Å². The molecule has 1 atom stereocenters. The molecule has 0 heterocycles. The Balaban J connectivity index is 3.45. The number of hydrogen-bond acceptors (Lipinski definition) is 5. The zero-order valence-electron chi connectivity index (χ0n) is 54.2. The highest BCUT2D eigenvalue weighted by Crippen LogP contribution is 2.18. The molecule has 0 bridgehead atoms. The molecule has 0 fully saturated rings. The van der Waals surface area contributed by atoms with Crippen molar-refractivity contribution in [2.24, 2.45) is 0 Å². The first-order valence-corrected chi connectivity index (χ1v) is 35.4. The number of rotatable bonds is 65. The van der Waals surface area contributed by atoms with E-state index in [2.05, 4.69) is 123 Å². The molecule has 0 aliphatic carbocycles. The topological polar surface area (TPSA) is 72.8 Å². The standard InChI is InChI=1S/C77H134O5/c1-3-5-7-9-11-13-15-17-19-21-23-25-27-29-31-33-35-36-37-38-39-40-42-44-46-48-50-52-54-56-58-60-62-64-66-68-70-72-77(80)82-75(73-78)74-81-76(79)71-69-67-65-63-61-59-57-55-53-51-49-47-45-43-41-34-32-30-28-26-24-22-20-18-16-14-12-10-8-6-4-2/h5,7,11,13,16-19,22-25,28-31,35-36,75,78H,3-4,6,8-10,12,14-15,20-21,26-27,32-34,37-74H2,1-2H3/b7-5-,13-11-,18-16-,19-17-,24-22-,25-23-,30-28-,31-29-,36-35-. The van der Waals surface area contributed by atoms with E-state index in [4.69, 9.17) is 9.47 Å². The van der Waals surface area contributed by atoms with Crippen LogP contribution >= 0.6 is 0 Å². The lowest BCUT2D eigenvalue weighted by molar-refractivity contribution is -0.161. The maximum absolute atomic E-state index is 12.4. The van der Waals surface area contributed by atoms with Gasteiger partial charge in [0.25, 0.3) is 0 Å². The van der Waals surface area contributed by atoms with Crippen molar-refractivity contribution < 1.29 is 24.2 Å². The van der Waals surface area contributed by atoms with Crippen LogP contribution in [0.15, 0.2) is 109 Å². The van der Waals surface area contributed by atoms with Gasteiger partial charge in [-0.1, -0.05) is 342 Å². The summed E-state index contributed by atoms with van der Waals surface area (Å²) in [7, 11) is 0. The van der Waals surface area contributed by atoms with Crippen molar-refractivity contribution in [1.29, 1.82) is 0 Å². The van der Waals surface area contributed by atoms with E-state index in [9.17, 15) is 14.7 Å². The average molecular weight is 1140 g/mol. The first-order chi connectivity index (χ1) is 40.6. The summed E-state index contributed by atoms with van der Waals surface area (Å²) in [6.45, 7) is 4.05. The summed E-state index contributed by atoms with van der Waals surface area (Å²) in [5.41, 5.74) is 0. The Morgan fingerprint density at radius 1 is 0.293 bits per heavy atom. The number of carbonyl (C=O) groups is 2. The van der Waals surface area contributed by atoms with Crippen LogP contribution in [0.3, 0.4) is 0 Å². The van der Waals surface area contributed by atoms with Crippen LogP contribution in [0.4, 0.5) is 0 Å². The van der Waals surface area contributed by atoms with E-state index in [1.807, 2.05) is 0 Å². The number of aliphatic hydroxyl groups is 1. The molecular formula is C77H134O5. The van der Waals surface area contributed by atoms with Crippen LogP contribution in [0, 0.1) is 0 Å². The van der Waals surface area contributed by atoms with Crippen molar-refractivity contribution in [1.82, 2.24) is 0 Å². The van der Waals surface area contributed by atoms with Gasteiger partial charge < -0.3 is 14.6 Å². The second kappa shape index (κ2) is 71.8. The summed E-state index contributed by atoms with van der Waals surface area (Å²) < 4.78 is 10.8. The third kappa shape index (κ3) is 69.1. The molecule has 0 saturated carbocycles. The van der Waals surface area contributed by atoms with Crippen molar-refractivity contribution in [2.75, 3.05) is 13.2 Å². The second-order valence-electron chi connectivity index (χ2n) is 23.6. The number of allylic oxidation sites excluding steroid dienone is 18. The molecule has 82 heavy (non-hydrogen) atoms. The minimum Gasteiger partial charge on any atom is -0.462 e. The number of carbonyl (C=O) groups excluding carboxylic acids is 2. The fourth-order valence-electron chi connectivity index (χ4n) is 10.3. The number of ether oxygens (including phenoxy) is 2. The van der Waals surface area contributed by atoms with Crippen molar-refractivity contribution in [2.45, 2.75) is 354 Å². The third-order valence-electron chi connectivity index (χ3n) is 15.6. The molecule has 5 nitrogen and oxygen atoms in total. The smallest absolute Gasteiger partial charge is 0.306 e. The van der Waals surface area contributed by atoms with Crippen molar-refractivity contribution in [3.05, 3.63) is 109 Å². The fourth-order valence-corrected chi connectivity index (χ4v) is 10.3. The Morgan fingerprint density at radius 3 is 0.793 bits per heavy atom. The highest BCUT2D eigenvalue weighted by Gasteiger charge is 2.16. The van der Waals surface area contributed by atoms with E-state index in [1.165, 1.54) is 231 Å². The van der Waals surface area contributed by atoms with Gasteiger partial charge in [0.05, 0.1) is 6.61 Å². The summed E-state index contributed by atoms with van der Waals surface area (Å²) in [5, 5.41) is 9.71. The van der Waals surface area contributed by atoms with Gasteiger partial charge in [0.15, 0.2) is 6.10 Å². The van der Waals surface area contributed by atoms with Gasteiger partial charge in [-0.3, -0.25) is 9.59 Å². The first kappa shape index (κ1) is 78.6. The zero-order chi connectivity index (χ0) is 59.1. The van der Waals surface area contributed by atoms with Gasteiger partial charge in [0, 0.05) is 12.8 Å². The Kier molecular flexibility index (Phi) is 68.8. The normalized spacial score (nSPS) is 12.9. The van der Waals surface area contributed by atoms with Gasteiger partial charge in [-0.25, -0.2) is 0 Å². The molecule has 0 saturated heterocycles. The highest BCUT2D eigenvalue weighted by atomic mass is 16.6. The molecule has 5 heteroatoms.